The Morgan fingerprint density at radius 3 is 2.48 bits per heavy atom. The first-order valence-electron chi connectivity index (χ1n) is 18.3. The van der Waals surface area contributed by atoms with E-state index >= 15 is 0 Å². The number of anilines is 1. The summed E-state index contributed by atoms with van der Waals surface area (Å²) in [5.74, 6) is 1.04. The molecule has 9 heteroatoms. The van der Waals surface area contributed by atoms with Crippen molar-refractivity contribution in [3.63, 3.8) is 0 Å². The second kappa shape index (κ2) is 16.2. The molecule has 1 aliphatic rings. The number of carbonyl (C=O) groups excluding carboxylic acids is 1. The first kappa shape index (κ1) is 38.3. The van der Waals surface area contributed by atoms with Gasteiger partial charge in [0.2, 0.25) is 0 Å². The number of benzene rings is 2. The van der Waals surface area contributed by atoms with E-state index in [4.69, 9.17) is 24.3 Å². The number of piperidine rings is 1. The van der Waals surface area contributed by atoms with E-state index in [2.05, 4.69) is 37.1 Å². The number of aromatic nitrogens is 3. The molecule has 9 nitrogen and oxygen atoms in total. The Hall–Kier alpha value is -4.94. The lowest BCUT2D eigenvalue weighted by molar-refractivity contribution is -0.166. The van der Waals surface area contributed by atoms with Gasteiger partial charge in [0.05, 0.1) is 41.2 Å². The second-order valence-corrected chi connectivity index (χ2v) is 15.1. The summed E-state index contributed by atoms with van der Waals surface area (Å²) < 4.78 is 20.3. The molecule has 0 N–H and O–H groups in total. The van der Waals surface area contributed by atoms with E-state index in [0.717, 1.165) is 67.0 Å². The smallest absolute Gasteiger partial charge is 0.340 e. The van der Waals surface area contributed by atoms with Crippen LogP contribution in [0.25, 0.3) is 28.0 Å². The number of aryl methyl sites for hydroxylation is 1. The minimum Gasteiger partial charge on any atom is -0.490 e. The summed E-state index contributed by atoms with van der Waals surface area (Å²) in [7, 11) is 0. The predicted molar refractivity (Wildman–Crippen MR) is 207 cm³/mol. The molecule has 1 aliphatic heterocycles. The molecule has 2 atom stereocenters. The number of rotatable bonds is 14. The molecule has 5 rings (SSSR count). The van der Waals surface area contributed by atoms with Gasteiger partial charge >= 0.3 is 5.97 Å². The average Bonchev–Trinajstić information content (AvgIpc) is 3.53. The molecule has 2 aromatic heterocycles. The highest BCUT2D eigenvalue weighted by Crippen LogP contribution is 2.42. The molecule has 1 saturated heterocycles. The van der Waals surface area contributed by atoms with Gasteiger partial charge in [-0.05, 0) is 102 Å². The normalized spacial score (nSPS) is 15.5. The lowest BCUT2D eigenvalue weighted by atomic mass is 9.76. The molecule has 0 saturated carbocycles. The van der Waals surface area contributed by atoms with Gasteiger partial charge in [0.15, 0.2) is 11.8 Å². The molecule has 0 amide bonds. The minimum atomic E-state index is -0.994. The standard InChI is InChI=1S/C43H53N5O4/c1-10-13-20-43(9)21-23-47(24-22-43)40-38(39(41(49)50-12-3)52-42(6,7)8)30(5)45-37-27-35(46-48(37)40)33-17-14-16-32(26-33)34-25-31(28-44)18-19-36(34)51-29(4)15-11-2/h10-11,14,16-19,25-27,29,39H,1-2,12-13,15,20-24H2,3-9H3. The number of allylic oxidation sites excluding steroid dienone is 1. The number of fused-ring (bicyclic) bond motifs is 1. The van der Waals surface area contributed by atoms with Crippen LogP contribution < -0.4 is 9.64 Å². The first-order valence-corrected chi connectivity index (χ1v) is 18.3. The Morgan fingerprint density at radius 1 is 1.10 bits per heavy atom. The molecule has 3 heterocycles. The fourth-order valence-corrected chi connectivity index (χ4v) is 6.90. The van der Waals surface area contributed by atoms with Gasteiger partial charge in [0.25, 0.3) is 0 Å². The van der Waals surface area contributed by atoms with Crippen LogP contribution in [0.2, 0.25) is 0 Å². The molecule has 2 aromatic carbocycles. The lowest BCUT2D eigenvalue weighted by Gasteiger charge is -2.41. The van der Waals surface area contributed by atoms with E-state index in [1.807, 2.05) is 87.7 Å². The van der Waals surface area contributed by atoms with Gasteiger partial charge in [0, 0.05) is 42.4 Å². The highest BCUT2D eigenvalue weighted by atomic mass is 16.6. The van der Waals surface area contributed by atoms with Crippen molar-refractivity contribution in [1.29, 1.82) is 5.26 Å². The summed E-state index contributed by atoms with van der Waals surface area (Å²) in [6.45, 7) is 23.5. The molecule has 52 heavy (non-hydrogen) atoms. The second-order valence-electron chi connectivity index (χ2n) is 15.1. The van der Waals surface area contributed by atoms with Gasteiger partial charge in [-0.25, -0.2) is 9.78 Å². The van der Waals surface area contributed by atoms with Crippen LogP contribution in [0.1, 0.15) is 96.6 Å². The first-order chi connectivity index (χ1) is 24.8. The van der Waals surface area contributed by atoms with Gasteiger partial charge in [-0.2, -0.15) is 14.9 Å². The summed E-state index contributed by atoms with van der Waals surface area (Å²) in [5.41, 5.74) is 5.46. The summed E-state index contributed by atoms with van der Waals surface area (Å²) in [4.78, 5) is 21.0. The van der Waals surface area contributed by atoms with Gasteiger partial charge in [0.1, 0.15) is 11.6 Å². The summed E-state index contributed by atoms with van der Waals surface area (Å²) in [6, 6.07) is 17.8. The highest BCUT2D eigenvalue weighted by Gasteiger charge is 2.38. The van der Waals surface area contributed by atoms with E-state index in [1.165, 1.54) is 0 Å². The number of ether oxygens (including phenoxy) is 3. The van der Waals surface area contributed by atoms with E-state index in [1.54, 1.807) is 13.0 Å². The van der Waals surface area contributed by atoms with Crippen molar-refractivity contribution in [2.24, 2.45) is 5.41 Å². The van der Waals surface area contributed by atoms with Crippen molar-refractivity contribution < 1.29 is 19.0 Å². The zero-order valence-electron chi connectivity index (χ0n) is 31.9. The molecule has 0 bridgehead atoms. The number of esters is 1. The van der Waals surface area contributed by atoms with Crippen LogP contribution in [-0.2, 0) is 14.3 Å². The molecule has 274 valence electrons. The van der Waals surface area contributed by atoms with Crippen LogP contribution in [-0.4, -0.2) is 52.0 Å². The molecule has 4 aromatic rings. The van der Waals surface area contributed by atoms with E-state index < -0.39 is 17.7 Å². The third-order valence-electron chi connectivity index (χ3n) is 9.67. The van der Waals surface area contributed by atoms with Gasteiger partial charge < -0.3 is 19.1 Å². The molecule has 0 radical (unpaired) electrons. The molecular formula is C43H53N5O4. The van der Waals surface area contributed by atoms with E-state index in [0.29, 0.717) is 34.6 Å². The van der Waals surface area contributed by atoms with Crippen molar-refractivity contribution >= 4 is 17.4 Å². The van der Waals surface area contributed by atoms with Crippen LogP contribution in [0.5, 0.6) is 5.75 Å². The molecule has 0 spiro atoms. The molecule has 0 aliphatic carbocycles. The third kappa shape index (κ3) is 8.74. The predicted octanol–water partition coefficient (Wildman–Crippen LogP) is 9.58. The van der Waals surface area contributed by atoms with Gasteiger partial charge in [-0.15, -0.1) is 13.2 Å². The largest absolute Gasteiger partial charge is 0.490 e. The number of nitriles is 1. The fourth-order valence-electron chi connectivity index (χ4n) is 6.90. The molecule has 2 unspecified atom stereocenters. The Morgan fingerprint density at radius 2 is 1.83 bits per heavy atom. The van der Waals surface area contributed by atoms with Gasteiger partial charge in [-0.1, -0.05) is 37.3 Å². The third-order valence-corrected chi connectivity index (χ3v) is 9.67. The topological polar surface area (TPSA) is 102 Å². The summed E-state index contributed by atoms with van der Waals surface area (Å²) >= 11 is 0. The minimum absolute atomic E-state index is 0.0805. The SMILES string of the molecule is C=CCCC1(C)CCN(c2c(C(OC(C)(C)C)C(=O)OCC)c(C)nc3cc(-c4cccc(-c5cc(C#N)ccc5OC(C)CC=C)c4)nn23)CC1. The van der Waals surface area contributed by atoms with Crippen molar-refractivity contribution in [3.8, 4) is 34.2 Å². The summed E-state index contributed by atoms with van der Waals surface area (Å²) in [6.07, 6.45) is 7.49. The van der Waals surface area contributed by atoms with Crippen molar-refractivity contribution in [3.05, 3.63) is 90.7 Å². The van der Waals surface area contributed by atoms with Crippen LogP contribution in [0.4, 0.5) is 5.82 Å². The maximum atomic E-state index is 13.7. The number of nitrogens with zero attached hydrogens (tertiary/aromatic N) is 5. The summed E-state index contributed by atoms with van der Waals surface area (Å²) in [5, 5.41) is 14.9. The number of carbonyl (C=O) groups is 1. The highest BCUT2D eigenvalue weighted by molar-refractivity contribution is 5.81. The van der Waals surface area contributed by atoms with Crippen LogP contribution in [0.3, 0.4) is 0 Å². The quantitative estimate of drug-likeness (QED) is 0.0945. The van der Waals surface area contributed by atoms with Crippen LogP contribution in [0, 0.1) is 23.7 Å². The fraction of sp³-hybridized carbons (Fsp3) is 0.442. The Labute approximate surface area is 308 Å². The van der Waals surface area contributed by atoms with Crippen molar-refractivity contribution in [2.45, 2.75) is 98.4 Å². The van der Waals surface area contributed by atoms with Crippen LogP contribution >= 0.6 is 0 Å². The Balaban J connectivity index is 1.66. The average molecular weight is 704 g/mol. The van der Waals surface area contributed by atoms with E-state index in [-0.39, 0.29) is 18.1 Å². The number of hydrogen-bond donors (Lipinski definition) is 0. The maximum Gasteiger partial charge on any atom is 0.340 e. The zero-order chi connectivity index (χ0) is 37.6. The van der Waals surface area contributed by atoms with Crippen LogP contribution in [0.15, 0.2) is 73.8 Å². The number of hydrogen-bond acceptors (Lipinski definition) is 8. The maximum absolute atomic E-state index is 13.7. The zero-order valence-corrected chi connectivity index (χ0v) is 31.9. The lowest BCUT2D eigenvalue weighted by Crippen LogP contribution is -2.41. The van der Waals surface area contributed by atoms with E-state index in [9.17, 15) is 10.1 Å². The Bertz CT molecular complexity index is 1960. The van der Waals surface area contributed by atoms with Crippen molar-refractivity contribution in [1.82, 2.24) is 14.6 Å². The Kier molecular flexibility index (Phi) is 11.9. The molecule has 1 fully saturated rings. The van der Waals surface area contributed by atoms with Crippen molar-refractivity contribution in [2.75, 3.05) is 24.6 Å². The monoisotopic (exact) mass is 703 g/mol. The molecular weight excluding hydrogens is 651 g/mol. The van der Waals surface area contributed by atoms with Gasteiger partial charge in [-0.3, -0.25) is 0 Å².